The Labute approximate surface area is 70.0 Å². The molecule has 0 aromatic rings. The van der Waals surface area contributed by atoms with Gasteiger partial charge in [-0.1, -0.05) is 0 Å². The zero-order chi connectivity index (χ0) is 9.56. The summed E-state index contributed by atoms with van der Waals surface area (Å²) < 4.78 is 4.53. The standard InChI is InChI=1S/C7H12O5/c1-5(4-8)7(11)12-3-2-6(9)10/h5,8H,2-4H2,1H3,(H,9,10). The third-order valence-electron chi connectivity index (χ3n) is 1.24. The molecular weight excluding hydrogens is 164 g/mol. The minimum absolute atomic E-state index is 0.140. The molecule has 0 aromatic heterocycles. The van der Waals surface area contributed by atoms with Gasteiger partial charge in [-0.3, -0.25) is 9.59 Å². The van der Waals surface area contributed by atoms with Crippen LogP contribution in [-0.2, 0) is 14.3 Å². The number of ether oxygens (including phenoxy) is 1. The summed E-state index contributed by atoms with van der Waals surface area (Å²) >= 11 is 0. The Morgan fingerprint density at radius 1 is 1.50 bits per heavy atom. The molecule has 0 aliphatic carbocycles. The molecule has 1 atom stereocenters. The predicted molar refractivity (Wildman–Crippen MR) is 39.5 cm³/mol. The first-order valence-corrected chi connectivity index (χ1v) is 3.57. The third-order valence-corrected chi connectivity index (χ3v) is 1.24. The van der Waals surface area contributed by atoms with Gasteiger partial charge in [0.2, 0.25) is 0 Å². The van der Waals surface area contributed by atoms with Crippen LogP contribution in [-0.4, -0.2) is 35.4 Å². The molecule has 0 aliphatic heterocycles. The van der Waals surface area contributed by atoms with Crippen LogP contribution in [0.4, 0.5) is 0 Å². The van der Waals surface area contributed by atoms with Crippen LogP contribution in [0.2, 0.25) is 0 Å². The highest BCUT2D eigenvalue weighted by atomic mass is 16.5. The molecule has 1 unspecified atom stereocenters. The number of esters is 1. The van der Waals surface area contributed by atoms with Crippen molar-refractivity contribution in [1.82, 2.24) is 0 Å². The number of rotatable bonds is 5. The van der Waals surface area contributed by atoms with Crippen LogP contribution in [0.15, 0.2) is 0 Å². The van der Waals surface area contributed by atoms with Crippen LogP contribution in [0.25, 0.3) is 0 Å². The van der Waals surface area contributed by atoms with E-state index in [0.717, 1.165) is 0 Å². The molecule has 5 nitrogen and oxygen atoms in total. The van der Waals surface area contributed by atoms with Crippen LogP contribution < -0.4 is 0 Å². The van der Waals surface area contributed by atoms with Gasteiger partial charge >= 0.3 is 11.9 Å². The molecule has 2 N–H and O–H groups in total. The Hall–Kier alpha value is -1.10. The number of aliphatic hydroxyl groups excluding tert-OH is 1. The SMILES string of the molecule is CC(CO)C(=O)OCCC(=O)O. The number of carboxylic acids is 1. The lowest BCUT2D eigenvalue weighted by Crippen LogP contribution is -2.19. The van der Waals surface area contributed by atoms with Crippen molar-refractivity contribution < 1.29 is 24.5 Å². The third kappa shape index (κ3) is 4.68. The van der Waals surface area contributed by atoms with Crippen molar-refractivity contribution in [2.24, 2.45) is 5.92 Å². The maximum atomic E-state index is 10.8. The summed E-state index contributed by atoms with van der Waals surface area (Å²) in [4.78, 5) is 20.8. The Bertz CT molecular complexity index is 165. The van der Waals surface area contributed by atoms with Gasteiger partial charge in [-0.15, -0.1) is 0 Å². The maximum Gasteiger partial charge on any atom is 0.310 e. The number of hydrogen-bond acceptors (Lipinski definition) is 4. The largest absolute Gasteiger partial charge is 0.481 e. The van der Waals surface area contributed by atoms with E-state index in [-0.39, 0.29) is 19.6 Å². The Morgan fingerprint density at radius 2 is 2.08 bits per heavy atom. The van der Waals surface area contributed by atoms with E-state index in [4.69, 9.17) is 10.2 Å². The summed E-state index contributed by atoms with van der Waals surface area (Å²) in [6, 6.07) is 0. The molecule has 5 heteroatoms. The number of carbonyl (C=O) groups excluding carboxylic acids is 1. The molecule has 0 aliphatic rings. The predicted octanol–water partition coefficient (Wildman–Crippen LogP) is -0.367. The van der Waals surface area contributed by atoms with Gasteiger partial charge < -0.3 is 14.9 Å². The fraction of sp³-hybridized carbons (Fsp3) is 0.714. The van der Waals surface area contributed by atoms with Crippen molar-refractivity contribution >= 4 is 11.9 Å². The molecule has 0 saturated heterocycles. The second-order valence-electron chi connectivity index (χ2n) is 2.39. The summed E-state index contributed by atoms with van der Waals surface area (Å²) in [5.74, 6) is -2.17. The summed E-state index contributed by atoms with van der Waals surface area (Å²) in [6.07, 6.45) is -0.204. The highest BCUT2D eigenvalue weighted by Gasteiger charge is 2.12. The molecule has 0 spiro atoms. The molecule has 0 heterocycles. The summed E-state index contributed by atoms with van der Waals surface area (Å²) in [5.41, 5.74) is 0. The summed E-state index contributed by atoms with van der Waals surface area (Å²) in [5, 5.41) is 16.7. The molecule has 0 aromatic carbocycles. The van der Waals surface area contributed by atoms with Crippen molar-refractivity contribution in [2.45, 2.75) is 13.3 Å². The Kier molecular flexibility index (Phi) is 5.03. The fourth-order valence-corrected chi connectivity index (χ4v) is 0.456. The zero-order valence-electron chi connectivity index (χ0n) is 6.82. The minimum Gasteiger partial charge on any atom is -0.481 e. The second kappa shape index (κ2) is 5.54. The van der Waals surface area contributed by atoms with E-state index in [1.807, 2.05) is 0 Å². The second-order valence-corrected chi connectivity index (χ2v) is 2.39. The molecule has 0 saturated carbocycles. The van der Waals surface area contributed by atoms with Gasteiger partial charge in [0.1, 0.15) is 6.61 Å². The number of hydrogen-bond donors (Lipinski definition) is 2. The molecule has 0 bridgehead atoms. The zero-order valence-corrected chi connectivity index (χ0v) is 6.82. The van der Waals surface area contributed by atoms with Crippen LogP contribution in [0.1, 0.15) is 13.3 Å². The first kappa shape index (κ1) is 10.9. The summed E-state index contributed by atoms with van der Waals surface area (Å²) in [7, 11) is 0. The summed E-state index contributed by atoms with van der Waals surface area (Å²) in [6.45, 7) is 1.08. The molecule has 12 heavy (non-hydrogen) atoms. The molecule has 0 radical (unpaired) electrons. The van der Waals surface area contributed by atoms with Crippen LogP contribution in [0, 0.1) is 5.92 Å². The molecule has 0 rings (SSSR count). The average molecular weight is 176 g/mol. The van der Waals surface area contributed by atoms with E-state index in [1.54, 1.807) is 0 Å². The minimum atomic E-state index is -1.01. The van der Waals surface area contributed by atoms with Gasteiger partial charge in [0, 0.05) is 0 Å². The molecule has 0 amide bonds. The highest BCUT2D eigenvalue weighted by Crippen LogP contribution is 1.97. The van der Waals surface area contributed by atoms with E-state index in [0.29, 0.717) is 0 Å². The lowest BCUT2D eigenvalue weighted by molar-refractivity contribution is -0.151. The first-order chi connectivity index (χ1) is 5.57. The molecule has 70 valence electrons. The quantitative estimate of drug-likeness (QED) is 0.558. The maximum absolute atomic E-state index is 10.8. The van der Waals surface area contributed by atoms with Crippen molar-refractivity contribution in [3.63, 3.8) is 0 Å². The van der Waals surface area contributed by atoms with E-state index in [1.165, 1.54) is 6.92 Å². The van der Waals surface area contributed by atoms with E-state index < -0.39 is 17.9 Å². The normalized spacial score (nSPS) is 12.2. The lowest BCUT2D eigenvalue weighted by Gasteiger charge is -2.06. The van der Waals surface area contributed by atoms with Gasteiger partial charge in [0.05, 0.1) is 18.9 Å². The molecule has 0 fully saturated rings. The van der Waals surface area contributed by atoms with Crippen LogP contribution in [0.3, 0.4) is 0 Å². The number of aliphatic hydroxyl groups is 1. The van der Waals surface area contributed by atoms with Gasteiger partial charge in [0.25, 0.3) is 0 Å². The fourth-order valence-electron chi connectivity index (χ4n) is 0.456. The van der Waals surface area contributed by atoms with Crippen molar-refractivity contribution in [1.29, 1.82) is 0 Å². The van der Waals surface area contributed by atoms with Crippen LogP contribution in [0.5, 0.6) is 0 Å². The molecular formula is C7H12O5. The number of carbonyl (C=O) groups is 2. The van der Waals surface area contributed by atoms with Crippen molar-refractivity contribution in [3.05, 3.63) is 0 Å². The van der Waals surface area contributed by atoms with E-state index in [2.05, 4.69) is 4.74 Å². The van der Waals surface area contributed by atoms with Gasteiger partial charge in [-0.05, 0) is 6.92 Å². The topological polar surface area (TPSA) is 83.8 Å². The average Bonchev–Trinajstić information content (AvgIpc) is 2.02. The van der Waals surface area contributed by atoms with Gasteiger partial charge in [0.15, 0.2) is 0 Å². The van der Waals surface area contributed by atoms with Crippen LogP contribution >= 0.6 is 0 Å². The number of carboxylic acid groups (broad SMARTS) is 1. The lowest BCUT2D eigenvalue weighted by atomic mass is 10.2. The smallest absolute Gasteiger partial charge is 0.310 e. The van der Waals surface area contributed by atoms with E-state index >= 15 is 0 Å². The Morgan fingerprint density at radius 3 is 2.50 bits per heavy atom. The van der Waals surface area contributed by atoms with Gasteiger partial charge in [-0.25, -0.2) is 0 Å². The van der Waals surface area contributed by atoms with Gasteiger partial charge in [-0.2, -0.15) is 0 Å². The first-order valence-electron chi connectivity index (χ1n) is 3.57. The monoisotopic (exact) mass is 176 g/mol. The number of aliphatic carboxylic acids is 1. The van der Waals surface area contributed by atoms with Crippen molar-refractivity contribution in [2.75, 3.05) is 13.2 Å². The van der Waals surface area contributed by atoms with E-state index in [9.17, 15) is 9.59 Å². The Balaban J connectivity index is 3.50. The highest BCUT2D eigenvalue weighted by molar-refractivity contribution is 5.72. The van der Waals surface area contributed by atoms with Crippen molar-refractivity contribution in [3.8, 4) is 0 Å².